The maximum Gasteiger partial charge on any atom is 0.124 e. The highest BCUT2D eigenvalue weighted by molar-refractivity contribution is 5.87. The first-order valence-electron chi connectivity index (χ1n) is 7.71. The van der Waals surface area contributed by atoms with Crippen molar-refractivity contribution in [3.8, 4) is 5.75 Å². The first-order chi connectivity index (χ1) is 10.2. The standard InChI is InChI=1S/C18H26N2O/c1-4-11-19-14-17-16-8-6-5-7-15(16)9-10-18(17)21-13-12-20(2)3/h5-10,19H,4,11-14H2,1-3H3. The van der Waals surface area contributed by atoms with Crippen LogP contribution in [0, 0.1) is 0 Å². The SMILES string of the molecule is CCCNCc1c(OCCN(C)C)ccc2ccccc12. The van der Waals surface area contributed by atoms with Crippen molar-refractivity contribution in [1.82, 2.24) is 10.2 Å². The molecule has 0 aliphatic carbocycles. The van der Waals surface area contributed by atoms with E-state index in [1.807, 2.05) is 0 Å². The van der Waals surface area contributed by atoms with Crippen molar-refractivity contribution < 1.29 is 4.74 Å². The van der Waals surface area contributed by atoms with E-state index in [4.69, 9.17) is 4.74 Å². The molecule has 0 fully saturated rings. The Morgan fingerprint density at radius 1 is 1.10 bits per heavy atom. The number of rotatable bonds is 8. The van der Waals surface area contributed by atoms with Gasteiger partial charge in [0.2, 0.25) is 0 Å². The summed E-state index contributed by atoms with van der Waals surface area (Å²) in [6.07, 6.45) is 1.14. The zero-order valence-corrected chi connectivity index (χ0v) is 13.4. The van der Waals surface area contributed by atoms with Crippen LogP contribution in [0.3, 0.4) is 0 Å². The van der Waals surface area contributed by atoms with Crippen LogP contribution in [-0.2, 0) is 6.54 Å². The highest BCUT2D eigenvalue weighted by Crippen LogP contribution is 2.28. The van der Waals surface area contributed by atoms with Gasteiger partial charge in [0.1, 0.15) is 12.4 Å². The maximum atomic E-state index is 6.01. The lowest BCUT2D eigenvalue weighted by Crippen LogP contribution is -2.20. The lowest BCUT2D eigenvalue weighted by molar-refractivity contribution is 0.259. The van der Waals surface area contributed by atoms with Crippen molar-refractivity contribution in [2.75, 3.05) is 33.8 Å². The first-order valence-corrected chi connectivity index (χ1v) is 7.71. The molecule has 0 spiro atoms. The van der Waals surface area contributed by atoms with Gasteiger partial charge in [-0.3, -0.25) is 0 Å². The lowest BCUT2D eigenvalue weighted by atomic mass is 10.0. The fourth-order valence-corrected chi connectivity index (χ4v) is 2.36. The Kier molecular flexibility index (Phi) is 6.03. The number of ether oxygens (including phenoxy) is 1. The minimum absolute atomic E-state index is 0.714. The Balaban J connectivity index is 2.22. The number of fused-ring (bicyclic) bond motifs is 1. The molecule has 0 bridgehead atoms. The summed E-state index contributed by atoms with van der Waals surface area (Å²) in [6.45, 7) is 5.71. The minimum atomic E-state index is 0.714. The predicted octanol–water partition coefficient (Wildman–Crippen LogP) is 3.28. The Labute approximate surface area is 127 Å². The first kappa shape index (κ1) is 15.8. The van der Waals surface area contributed by atoms with Crippen molar-refractivity contribution in [1.29, 1.82) is 0 Å². The molecule has 0 saturated heterocycles. The molecular formula is C18H26N2O. The molecule has 0 radical (unpaired) electrons. The van der Waals surface area contributed by atoms with E-state index in [-0.39, 0.29) is 0 Å². The number of nitrogens with zero attached hydrogens (tertiary/aromatic N) is 1. The van der Waals surface area contributed by atoms with Gasteiger partial charge in [-0.15, -0.1) is 0 Å². The Bertz CT molecular complexity index is 566. The van der Waals surface area contributed by atoms with Crippen LogP contribution in [0.15, 0.2) is 36.4 Å². The molecule has 114 valence electrons. The van der Waals surface area contributed by atoms with Gasteiger partial charge in [-0.1, -0.05) is 37.3 Å². The molecule has 3 heteroatoms. The average molecular weight is 286 g/mol. The maximum absolute atomic E-state index is 6.01. The zero-order valence-electron chi connectivity index (χ0n) is 13.4. The van der Waals surface area contributed by atoms with Gasteiger partial charge in [0.15, 0.2) is 0 Å². The molecule has 2 rings (SSSR count). The molecule has 21 heavy (non-hydrogen) atoms. The molecule has 0 aliphatic heterocycles. The number of nitrogens with one attached hydrogen (secondary N) is 1. The molecule has 3 nitrogen and oxygen atoms in total. The van der Waals surface area contributed by atoms with Gasteiger partial charge in [0.25, 0.3) is 0 Å². The molecule has 1 N–H and O–H groups in total. The van der Waals surface area contributed by atoms with E-state index in [2.05, 4.69) is 67.6 Å². The molecule has 0 unspecified atom stereocenters. The van der Waals surface area contributed by atoms with Gasteiger partial charge < -0.3 is 15.0 Å². The van der Waals surface area contributed by atoms with E-state index in [9.17, 15) is 0 Å². The number of hydrogen-bond donors (Lipinski definition) is 1. The fraction of sp³-hybridized carbons (Fsp3) is 0.444. The van der Waals surface area contributed by atoms with Crippen molar-refractivity contribution >= 4 is 10.8 Å². The minimum Gasteiger partial charge on any atom is -0.492 e. The summed E-state index contributed by atoms with van der Waals surface area (Å²) in [5.41, 5.74) is 1.26. The normalized spacial score (nSPS) is 11.2. The van der Waals surface area contributed by atoms with Crippen molar-refractivity contribution in [3.63, 3.8) is 0 Å². The molecule has 0 aromatic heterocycles. The third kappa shape index (κ3) is 4.45. The molecule has 0 aliphatic rings. The van der Waals surface area contributed by atoms with Crippen LogP contribution in [0.2, 0.25) is 0 Å². The Hall–Kier alpha value is -1.58. The van der Waals surface area contributed by atoms with Gasteiger partial charge in [-0.25, -0.2) is 0 Å². The average Bonchev–Trinajstić information content (AvgIpc) is 2.48. The highest BCUT2D eigenvalue weighted by atomic mass is 16.5. The van der Waals surface area contributed by atoms with Crippen LogP contribution >= 0.6 is 0 Å². The number of hydrogen-bond acceptors (Lipinski definition) is 3. The predicted molar refractivity (Wildman–Crippen MR) is 90.0 cm³/mol. The fourth-order valence-electron chi connectivity index (χ4n) is 2.36. The van der Waals surface area contributed by atoms with Gasteiger partial charge in [-0.2, -0.15) is 0 Å². The number of likely N-dealkylation sites (N-methyl/N-ethyl adjacent to an activating group) is 1. The lowest BCUT2D eigenvalue weighted by Gasteiger charge is -2.16. The summed E-state index contributed by atoms with van der Waals surface area (Å²) in [5, 5.41) is 6.04. The highest BCUT2D eigenvalue weighted by Gasteiger charge is 2.08. The van der Waals surface area contributed by atoms with E-state index in [0.717, 1.165) is 31.8 Å². The largest absolute Gasteiger partial charge is 0.492 e. The Morgan fingerprint density at radius 2 is 1.90 bits per heavy atom. The van der Waals surface area contributed by atoms with Crippen molar-refractivity contribution in [2.24, 2.45) is 0 Å². The van der Waals surface area contributed by atoms with Crippen molar-refractivity contribution in [2.45, 2.75) is 19.9 Å². The zero-order chi connectivity index (χ0) is 15.1. The molecule has 0 heterocycles. The van der Waals surface area contributed by atoms with Gasteiger partial charge in [0.05, 0.1) is 0 Å². The van der Waals surface area contributed by atoms with Gasteiger partial charge >= 0.3 is 0 Å². The summed E-state index contributed by atoms with van der Waals surface area (Å²) in [5.74, 6) is 0.999. The molecule has 0 amide bonds. The molecule has 2 aromatic carbocycles. The van der Waals surface area contributed by atoms with E-state index < -0.39 is 0 Å². The Morgan fingerprint density at radius 3 is 2.67 bits per heavy atom. The molecule has 0 atom stereocenters. The summed E-state index contributed by atoms with van der Waals surface area (Å²) >= 11 is 0. The molecule has 0 saturated carbocycles. The van der Waals surface area contributed by atoms with Gasteiger partial charge in [-0.05, 0) is 43.9 Å². The summed E-state index contributed by atoms with van der Waals surface area (Å²) in [7, 11) is 4.13. The monoisotopic (exact) mass is 286 g/mol. The van der Waals surface area contributed by atoms with E-state index in [0.29, 0.717) is 6.61 Å². The topological polar surface area (TPSA) is 24.5 Å². The van der Waals surface area contributed by atoms with Crippen molar-refractivity contribution in [3.05, 3.63) is 42.0 Å². The summed E-state index contributed by atoms with van der Waals surface area (Å²) in [4.78, 5) is 2.13. The third-order valence-electron chi connectivity index (χ3n) is 3.52. The van der Waals surface area contributed by atoms with E-state index in [1.54, 1.807) is 0 Å². The van der Waals surface area contributed by atoms with Crippen LogP contribution in [0.5, 0.6) is 5.75 Å². The van der Waals surface area contributed by atoms with E-state index in [1.165, 1.54) is 16.3 Å². The van der Waals surface area contributed by atoms with Crippen LogP contribution in [0.4, 0.5) is 0 Å². The third-order valence-corrected chi connectivity index (χ3v) is 3.52. The second kappa shape index (κ2) is 8.01. The summed E-state index contributed by atoms with van der Waals surface area (Å²) in [6, 6.07) is 12.7. The second-order valence-electron chi connectivity index (χ2n) is 5.59. The smallest absolute Gasteiger partial charge is 0.124 e. The van der Waals surface area contributed by atoms with E-state index >= 15 is 0 Å². The quantitative estimate of drug-likeness (QED) is 0.754. The molecule has 2 aromatic rings. The van der Waals surface area contributed by atoms with Crippen LogP contribution in [-0.4, -0.2) is 38.7 Å². The van der Waals surface area contributed by atoms with Crippen LogP contribution < -0.4 is 10.1 Å². The van der Waals surface area contributed by atoms with Crippen LogP contribution in [0.25, 0.3) is 10.8 Å². The second-order valence-corrected chi connectivity index (χ2v) is 5.59. The van der Waals surface area contributed by atoms with Gasteiger partial charge in [0, 0.05) is 18.7 Å². The summed E-state index contributed by atoms with van der Waals surface area (Å²) < 4.78 is 6.01. The molecular weight excluding hydrogens is 260 g/mol. The number of benzene rings is 2. The van der Waals surface area contributed by atoms with Crippen LogP contribution in [0.1, 0.15) is 18.9 Å².